The molecule has 0 aliphatic heterocycles. The highest BCUT2D eigenvalue weighted by atomic mass is 32.2. The van der Waals surface area contributed by atoms with Gasteiger partial charge in [-0.3, -0.25) is 0 Å². The molecule has 0 heterocycles. The van der Waals surface area contributed by atoms with Crippen LogP contribution in [-0.4, -0.2) is 32.2 Å². The standard InChI is InChI=1S/C19H24N2O2S/c1-4-21(5-2)19(15-17-9-7-6-8-10-17)20-24(22,23)18-13-11-16(3)12-14-18/h6-14H,4-5,15H2,1-3H3. The van der Waals surface area contributed by atoms with Crippen LogP contribution < -0.4 is 0 Å². The fourth-order valence-corrected chi connectivity index (χ4v) is 3.51. The molecular weight excluding hydrogens is 320 g/mol. The number of amidine groups is 1. The molecule has 128 valence electrons. The molecule has 0 bridgehead atoms. The molecule has 0 N–H and O–H groups in total. The van der Waals surface area contributed by atoms with Gasteiger partial charge in [0.15, 0.2) is 0 Å². The van der Waals surface area contributed by atoms with Crippen LogP contribution in [0.1, 0.15) is 25.0 Å². The van der Waals surface area contributed by atoms with Crippen LogP contribution in [0.2, 0.25) is 0 Å². The predicted molar refractivity (Wildman–Crippen MR) is 98.9 cm³/mol. The van der Waals surface area contributed by atoms with Crippen LogP contribution in [0.3, 0.4) is 0 Å². The van der Waals surface area contributed by atoms with Gasteiger partial charge in [0, 0.05) is 19.5 Å². The van der Waals surface area contributed by atoms with Gasteiger partial charge in [-0.05, 0) is 38.5 Å². The average molecular weight is 344 g/mol. The van der Waals surface area contributed by atoms with Gasteiger partial charge in [0.05, 0.1) is 4.90 Å². The molecule has 0 saturated carbocycles. The van der Waals surface area contributed by atoms with E-state index < -0.39 is 10.0 Å². The van der Waals surface area contributed by atoms with Crippen molar-refractivity contribution in [1.29, 1.82) is 0 Å². The zero-order chi connectivity index (χ0) is 17.6. The van der Waals surface area contributed by atoms with Crippen LogP contribution in [0.15, 0.2) is 63.9 Å². The summed E-state index contributed by atoms with van der Waals surface area (Å²) >= 11 is 0. The van der Waals surface area contributed by atoms with E-state index in [0.717, 1.165) is 11.1 Å². The highest BCUT2D eigenvalue weighted by Crippen LogP contribution is 2.15. The third kappa shape index (κ3) is 4.68. The van der Waals surface area contributed by atoms with E-state index in [1.54, 1.807) is 24.3 Å². The first kappa shape index (κ1) is 18.2. The summed E-state index contributed by atoms with van der Waals surface area (Å²) in [5, 5.41) is 0. The van der Waals surface area contributed by atoms with Gasteiger partial charge >= 0.3 is 0 Å². The van der Waals surface area contributed by atoms with E-state index in [2.05, 4.69) is 4.40 Å². The van der Waals surface area contributed by atoms with Gasteiger partial charge in [-0.2, -0.15) is 8.42 Å². The molecule has 2 aromatic rings. The van der Waals surface area contributed by atoms with Crippen LogP contribution in [0.5, 0.6) is 0 Å². The second-order valence-electron chi connectivity index (χ2n) is 5.63. The van der Waals surface area contributed by atoms with E-state index in [4.69, 9.17) is 0 Å². The van der Waals surface area contributed by atoms with E-state index in [1.165, 1.54) is 0 Å². The van der Waals surface area contributed by atoms with Gasteiger partial charge < -0.3 is 4.90 Å². The van der Waals surface area contributed by atoms with Crippen LogP contribution >= 0.6 is 0 Å². The van der Waals surface area contributed by atoms with Crippen molar-refractivity contribution in [1.82, 2.24) is 4.90 Å². The first-order chi connectivity index (χ1) is 11.5. The summed E-state index contributed by atoms with van der Waals surface area (Å²) in [6.45, 7) is 7.36. The molecule has 0 aliphatic rings. The van der Waals surface area contributed by atoms with Gasteiger partial charge in [-0.15, -0.1) is 4.40 Å². The van der Waals surface area contributed by atoms with Crippen LogP contribution in [0.25, 0.3) is 0 Å². The Hall–Kier alpha value is -2.14. The van der Waals surface area contributed by atoms with Crippen molar-refractivity contribution in [3.63, 3.8) is 0 Å². The van der Waals surface area contributed by atoms with E-state index in [0.29, 0.717) is 25.3 Å². The summed E-state index contributed by atoms with van der Waals surface area (Å²) in [6, 6.07) is 16.6. The molecule has 2 aromatic carbocycles. The minimum absolute atomic E-state index is 0.228. The van der Waals surface area contributed by atoms with Crippen molar-refractivity contribution >= 4 is 15.9 Å². The smallest absolute Gasteiger partial charge is 0.283 e. The molecular formula is C19H24N2O2S. The van der Waals surface area contributed by atoms with Crippen LogP contribution in [0, 0.1) is 6.92 Å². The number of nitrogens with zero attached hydrogens (tertiary/aromatic N) is 2. The van der Waals surface area contributed by atoms with Crippen LogP contribution in [0.4, 0.5) is 0 Å². The SMILES string of the molecule is CCN(CC)C(Cc1ccccc1)=NS(=O)(=O)c1ccc(C)cc1. The Kier molecular flexibility index (Phi) is 6.15. The van der Waals surface area contributed by atoms with Crippen molar-refractivity contribution in [2.45, 2.75) is 32.1 Å². The first-order valence-corrected chi connectivity index (χ1v) is 9.59. The predicted octanol–water partition coefficient (Wildman–Crippen LogP) is 3.67. The third-order valence-corrected chi connectivity index (χ3v) is 5.20. The maximum atomic E-state index is 12.7. The second-order valence-corrected chi connectivity index (χ2v) is 7.23. The largest absolute Gasteiger partial charge is 0.360 e. The number of benzene rings is 2. The second kappa shape index (κ2) is 8.11. The lowest BCUT2D eigenvalue weighted by Gasteiger charge is -2.23. The minimum Gasteiger partial charge on any atom is -0.360 e. The molecule has 0 radical (unpaired) electrons. The molecule has 24 heavy (non-hydrogen) atoms. The number of likely N-dealkylation sites (N-methyl/N-ethyl adjacent to an activating group) is 1. The average Bonchev–Trinajstić information content (AvgIpc) is 2.57. The van der Waals surface area contributed by atoms with Crippen LogP contribution in [-0.2, 0) is 16.4 Å². The maximum absolute atomic E-state index is 12.7. The van der Waals surface area contributed by atoms with E-state index in [-0.39, 0.29) is 4.90 Å². The molecule has 0 spiro atoms. The van der Waals surface area contributed by atoms with Gasteiger partial charge in [-0.25, -0.2) is 0 Å². The van der Waals surface area contributed by atoms with Gasteiger partial charge in [-0.1, -0.05) is 48.0 Å². The fourth-order valence-electron chi connectivity index (χ4n) is 2.47. The Morgan fingerprint density at radius 1 is 0.958 bits per heavy atom. The zero-order valence-electron chi connectivity index (χ0n) is 14.4. The Labute approximate surface area is 144 Å². The highest BCUT2D eigenvalue weighted by Gasteiger charge is 2.17. The Bertz CT molecular complexity index is 778. The Morgan fingerprint density at radius 3 is 2.08 bits per heavy atom. The number of sulfonamides is 1. The molecule has 0 atom stereocenters. The lowest BCUT2D eigenvalue weighted by atomic mass is 10.1. The van der Waals surface area contributed by atoms with E-state index in [1.807, 2.05) is 56.0 Å². The van der Waals surface area contributed by atoms with Gasteiger partial charge in [0.2, 0.25) is 0 Å². The summed E-state index contributed by atoms with van der Waals surface area (Å²) < 4.78 is 29.5. The zero-order valence-corrected chi connectivity index (χ0v) is 15.3. The normalized spacial score (nSPS) is 12.2. The van der Waals surface area contributed by atoms with Crippen molar-refractivity contribution in [3.8, 4) is 0 Å². The van der Waals surface area contributed by atoms with Gasteiger partial charge in [0.1, 0.15) is 5.84 Å². The number of hydrogen-bond acceptors (Lipinski definition) is 2. The molecule has 0 aromatic heterocycles. The molecule has 0 aliphatic carbocycles. The van der Waals surface area contributed by atoms with E-state index >= 15 is 0 Å². The number of rotatable bonds is 6. The molecule has 5 heteroatoms. The Balaban J connectivity index is 2.41. The summed E-state index contributed by atoms with van der Waals surface area (Å²) in [7, 11) is -3.72. The summed E-state index contributed by atoms with van der Waals surface area (Å²) in [6.07, 6.45) is 0.494. The molecule has 0 saturated heterocycles. The molecule has 2 rings (SSSR count). The van der Waals surface area contributed by atoms with Crippen molar-refractivity contribution < 1.29 is 8.42 Å². The summed E-state index contributed by atoms with van der Waals surface area (Å²) in [5.74, 6) is 0.576. The maximum Gasteiger partial charge on any atom is 0.283 e. The first-order valence-electron chi connectivity index (χ1n) is 8.15. The van der Waals surface area contributed by atoms with E-state index in [9.17, 15) is 8.42 Å². The van der Waals surface area contributed by atoms with Crippen molar-refractivity contribution in [2.24, 2.45) is 4.40 Å². The third-order valence-electron chi connectivity index (χ3n) is 3.88. The topological polar surface area (TPSA) is 49.7 Å². The van der Waals surface area contributed by atoms with Crippen molar-refractivity contribution in [2.75, 3.05) is 13.1 Å². The lowest BCUT2D eigenvalue weighted by Crippen LogP contribution is -2.33. The molecule has 0 amide bonds. The summed E-state index contributed by atoms with van der Waals surface area (Å²) in [5.41, 5.74) is 2.06. The monoisotopic (exact) mass is 344 g/mol. The summed E-state index contributed by atoms with van der Waals surface area (Å²) in [4.78, 5) is 2.21. The van der Waals surface area contributed by atoms with Gasteiger partial charge in [0.25, 0.3) is 10.0 Å². The minimum atomic E-state index is -3.72. The quantitative estimate of drug-likeness (QED) is 0.593. The highest BCUT2D eigenvalue weighted by molar-refractivity contribution is 7.90. The number of aryl methyl sites for hydroxylation is 1. The lowest BCUT2D eigenvalue weighted by molar-refractivity contribution is 0.458. The number of hydrogen-bond donors (Lipinski definition) is 0. The molecule has 4 nitrogen and oxygen atoms in total. The molecule has 0 fully saturated rings. The fraction of sp³-hybridized carbons (Fsp3) is 0.316. The molecule has 0 unspecified atom stereocenters. The van der Waals surface area contributed by atoms with Crippen molar-refractivity contribution in [3.05, 3.63) is 65.7 Å². The Morgan fingerprint density at radius 2 is 1.54 bits per heavy atom.